The van der Waals surface area contributed by atoms with E-state index in [-0.39, 0.29) is 0 Å². The summed E-state index contributed by atoms with van der Waals surface area (Å²) in [5.74, 6) is 0. The van der Waals surface area contributed by atoms with Crippen LogP contribution in [0.4, 0.5) is 11.4 Å². The highest BCUT2D eigenvalue weighted by Gasteiger charge is 2.04. The fourth-order valence-corrected chi connectivity index (χ4v) is 6.26. The van der Waals surface area contributed by atoms with E-state index in [1.54, 1.807) is 0 Å². The minimum absolute atomic E-state index is 0.831. The zero-order valence-corrected chi connectivity index (χ0v) is 26.8. The molecule has 0 atom stereocenters. The van der Waals surface area contributed by atoms with Crippen LogP contribution in [0.3, 0.4) is 0 Å². The summed E-state index contributed by atoms with van der Waals surface area (Å²) in [4.78, 5) is 0. The largest absolute Gasteiger partial charge is 0.399 e. The molecule has 4 aromatic rings. The third kappa shape index (κ3) is 11.6. The van der Waals surface area contributed by atoms with E-state index < -0.39 is 0 Å². The van der Waals surface area contributed by atoms with Crippen molar-refractivity contribution >= 4 is 11.4 Å². The molecule has 2 heteroatoms. The Kier molecular flexibility index (Phi) is 13.2. The third-order valence-electron chi connectivity index (χ3n) is 8.98. The number of benzene rings is 4. The molecule has 43 heavy (non-hydrogen) atoms. The lowest BCUT2D eigenvalue weighted by molar-refractivity contribution is 0.545. The van der Waals surface area contributed by atoms with Gasteiger partial charge in [0.2, 0.25) is 0 Å². The van der Waals surface area contributed by atoms with Crippen molar-refractivity contribution in [2.75, 3.05) is 11.5 Å². The van der Waals surface area contributed by atoms with Gasteiger partial charge in [-0.25, -0.2) is 0 Å². The monoisotopic (exact) mass is 574 g/mol. The number of unbranched alkanes of at least 4 members (excludes halogenated alkanes) is 10. The van der Waals surface area contributed by atoms with Gasteiger partial charge in [0, 0.05) is 11.4 Å². The highest BCUT2D eigenvalue weighted by molar-refractivity contribution is 5.42. The predicted octanol–water partition coefficient (Wildman–Crippen LogP) is 10.7. The van der Waals surface area contributed by atoms with E-state index in [0.29, 0.717) is 0 Å². The Bertz CT molecular complexity index is 1260. The average Bonchev–Trinajstić information content (AvgIpc) is 3.00. The molecule has 0 aliphatic heterocycles. The first-order chi connectivity index (χ1) is 21.0. The molecule has 0 aromatic heterocycles. The molecule has 2 nitrogen and oxygen atoms in total. The molecule has 228 valence electrons. The molecule has 0 heterocycles. The fraction of sp³-hybridized carbons (Fsp3) is 0.415. The van der Waals surface area contributed by atoms with Crippen LogP contribution in [0.2, 0.25) is 0 Å². The number of anilines is 2. The van der Waals surface area contributed by atoms with Crippen LogP contribution >= 0.6 is 0 Å². The van der Waals surface area contributed by atoms with Crippen LogP contribution in [-0.4, -0.2) is 0 Å². The lowest BCUT2D eigenvalue weighted by Gasteiger charge is -2.10. The highest BCUT2D eigenvalue weighted by Crippen LogP contribution is 2.20. The van der Waals surface area contributed by atoms with Gasteiger partial charge in [0.15, 0.2) is 0 Å². The summed E-state index contributed by atoms with van der Waals surface area (Å²) < 4.78 is 0. The van der Waals surface area contributed by atoms with Crippen LogP contribution in [0, 0.1) is 13.8 Å². The minimum Gasteiger partial charge on any atom is -0.399 e. The van der Waals surface area contributed by atoms with Gasteiger partial charge in [-0.3, -0.25) is 0 Å². The van der Waals surface area contributed by atoms with Crippen molar-refractivity contribution in [1.82, 2.24) is 0 Å². The quantitative estimate of drug-likeness (QED) is 0.0917. The van der Waals surface area contributed by atoms with Gasteiger partial charge in [-0.15, -0.1) is 0 Å². The Morgan fingerprint density at radius 2 is 0.674 bits per heavy atom. The maximum atomic E-state index is 5.82. The average molecular weight is 575 g/mol. The van der Waals surface area contributed by atoms with Crippen molar-refractivity contribution < 1.29 is 0 Å². The number of nitrogen functional groups attached to an aromatic ring is 2. The summed E-state index contributed by atoms with van der Waals surface area (Å²) in [5, 5.41) is 0. The molecular weight excluding hydrogens is 520 g/mol. The fourth-order valence-electron chi connectivity index (χ4n) is 6.26. The van der Waals surface area contributed by atoms with Gasteiger partial charge in [-0.05, 0) is 121 Å². The maximum Gasteiger partial charge on any atom is 0.0314 e. The van der Waals surface area contributed by atoms with E-state index in [4.69, 9.17) is 11.5 Å². The SMILES string of the molecule is Cc1cc(Cc2ccc(N)cc2)ccc1CCCCCCCCCCCCCc1ccc(Cc2ccc(N)cc2)cc1C. The number of nitrogens with two attached hydrogens (primary N) is 2. The second kappa shape index (κ2) is 17.6. The van der Waals surface area contributed by atoms with Crippen LogP contribution < -0.4 is 11.5 Å². The summed E-state index contributed by atoms with van der Waals surface area (Å²) in [6, 6.07) is 30.5. The minimum atomic E-state index is 0.831. The Balaban J connectivity index is 0.983. The normalized spacial score (nSPS) is 11.2. The standard InChI is InChI=1S/C41H54N2/c1-32-28-36(30-34-18-24-40(42)25-19-34)16-22-38(32)14-12-10-8-6-4-3-5-7-9-11-13-15-39-23-17-37(29-33(39)2)31-35-20-26-41(43)27-21-35/h16-29H,3-15,30-31,42-43H2,1-2H3. The van der Waals surface area contributed by atoms with E-state index in [0.717, 1.165) is 24.2 Å². The summed E-state index contributed by atoms with van der Waals surface area (Å²) >= 11 is 0. The molecule has 0 amide bonds. The zero-order chi connectivity index (χ0) is 30.3. The van der Waals surface area contributed by atoms with E-state index in [2.05, 4.69) is 74.5 Å². The predicted molar refractivity (Wildman–Crippen MR) is 188 cm³/mol. The molecule has 0 aliphatic carbocycles. The molecular formula is C41H54N2. The first-order valence-corrected chi connectivity index (χ1v) is 16.8. The van der Waals surface area contributed by atoms with Gasteiger partial charge in [0.05, 0.1) is 0 Å². The molecule has 0 radical (unpaired) electrons. The molecule has 0 bridgehead atoms. The molecule has 0 fully saturated rings. The first kappa shape index (κ1) is 32.4. The second-order valence-electron chi connectivity index (χ2n) is 12.7. The summed E-state index contributed by atoms with van der Waals surface area (Å²) in [5.41, 5.74) is 24.6. The molecule has 0 spiro atoms. The molecule has 4 rings (SSSR count). The van der Waals surface area contributed by atoms with Gasteiger partial charge >= 0.3 is 0 Å². The van der Waals surface area contributed by atoms with Crippen LogP contribution in [0.1, 0.15) is 115 Å². The Labute approximate surface area is 261 Å². The smallest absolute Gasteiger partial charge is 0.0314 e. The van der Waals surface area contributed by atoms with Crippen molar-refractivity contribution in [3.8, 4) is 0 Å². The van der Waals surface area contributed by atoms with Crippen molar-refractivity contribution in [3.05, 3.63) is 129 Å². The van der Waals surface area contributed by atoms with Crippen LogP contribution in [0.5, 0.6) is 0 Å². The van der Waals surface area contributed by atoms with Gasteiger partial charge in [-0.1, -0.05) is 118 Å². The van der Waals surface area contributed by atoms with Gasteiger partial charge < -0.3 is 11.5 Å². The van der Waals surface area contributed by atoms with E-state index in [9.17, 15) is 0 Å². The Morgan fingerprint density at radius 3 is 1.00 bits per heavy atom. The number of rotatable bonds is 18. The lowest BCUT2D eigenvalue weighted by atomic mass is 9.96. The number of hydrogen-bond donors (Lipinski definition) is 2. The Hall–Kier alpha value is -3.52. The highest BCUT2D eigenvalue weighted by atomic mass is 14.5. The van der Waals surface area contributed by atoms with Gasteiger partial charge in [0.25, 0.3) is 0 Å². The molecule has 0 saturated heterocycles. The third-order valence-corrected chi connectivity index (χ3v) is 8.98. The Morgan fingerprint density at radius 1 is 0.372 bits per heavy atom. The number of hydrogen-bond acceptors (Lipinski definition) is 2. The van der Waals surface area contributed by atoms with Crippen LogP contribution in [0.25, 0.3) is 0 Å². The summed E-state index contributed by atoms with van der Waals surface area (Å²) in [7, 11) is 0. The molecule has 4 aromatic carbocycles. The zero-order valence-electron chi connectivity index (χ0n) is 26.8. The lowest BCUT2D eigenvalue weighted by Crippen LogP contribution is -1.95. The second-order valence-corrected chi connectivity index (χ2v) is 12.7. The molecule has 0 aliphatic rings. The van der Waals surface area contributed by atoms with Gasteiger partial charge in [0.1, 0.15) is 0 Å². The molecule has 0 unspecified atom stereocenters. The van der Waals surface area contributed by atoms with Crippen molar-refractivity contribution in [2.45, 2.75) is 110 Å². The van der Waals surface area contributed by atoms with Crippen molar-refractivity contribution in [2.24, 2.45) is 0 Å². The van der Waals surface area contributed by atoms with Crippen LogP contribution in [-0.2, 0) is 25.7 Å². The molecule has 0 saturated carbocycles. The first-order valence-electron chi connectivity index (χ1n) is 16.8. The number of aryl methyl sites for hydroxylation is 4. The maximum absolute atomic E-state index is 5.82. The van der Waals surface area contributed by atoms with Crippen molar-refractivity contribution in [1.29, 1.82) is 0 Å². The van der Waals surface area contributed by atoms with E-state index in [1.165, 1.54) is 128 Å². The van der Waals surface area contributed by atoms with Crippen LogP contribution in [0.15, 0.2) is 84.9 Å². The topological polar surface area (TPSA) is 52.0 Å². The molecule has 4 N–H and O–H groups in total. The van der Waals surface area contributed by atoms with E-state index >= 15 is 0 Å². The summed E-state index contributed by atoms with van der Waals surface area (Å²) in [6.07, 6.45) is 19.5. The van der Waals surface area contributed by atoms with E-state index in [1.807, 2.05) is 24.3 Å². The van der Waals surface area contributed by atoms with Gasteiger partial charge in [-0.2, -0.15) is 0 Å². The summed E-state index contributed by atoms with van der Waals surface area (Å²) in [6.45, 7) is 4.54. The van der Waals surface area contributed by atoms with Crippen molar-refractivity contribution in [3.63, 3.8) is 0 Å².